The van der Waals surface area contributed by atoms with Crippen molar-refractivity contribution in [1.82, 2.24) is 10.2 Å². The average molecular weight is 254 g/mol. The molecule has 1 amide bonds. The number of likely N-dealkylation sites (tertiary alicyclic amines) is 1. The van der Waals surface area contributed by atoms with Gasteiger partial charge in [-0.15, -0.1) is 0 Å². The van der Waals surface area contributed by atoms with Crippen molar-refractivity contribution < 1.29 is 14.7 Å². The number of aliphatic carboxylic acids is 1. The Morgan fingerprint density at radius 1 is 1.28 bits per heavy atom. The van der Waals surface area contributed by atoms with Crippen molar-refractivity contribution >= 4 is 11.9 Å². The molecule has 0 radical (unpaired) electrons. The molecule has 5 heteroatoms. The van der Waals surface area contributed by atoms with Gasteiger partial charge in [0.2, 0.25) is 5.91 Å². The summed E-state index contributed by atoms with van der Waals surface area (Å²) in [6.45, 7) is 5.42. The monoisotopic (exact) mass is 254 g/mol. The van der Waals surface area contributed by atoms with Crippen LogP contribution in [0.3, 0.4) is 0 Å². The van der Waals surface area contributed by atoms with Crippen molar-refractivity contribution in [2.24, 2.45) is 11.8 Å². The lowest BCUT2D eigenvalue weighted by Crippen LogP contribution is -2.48. The highest BCUT2D eigenvalue weighted by Crippen LogP contribution is 2.28. The Hall–Kier alpha value is -1.10. The van der Waals surface area contributed by atoms with Crippen LogP contribution < -0.4 is 5.32 Å². The summed E-state index contributed by atoms with van der Waals surface area (Å²) in [5.41, 5.74) is 0. The number of carbonyl (C=O) groups is 2. The van der Waals surface area contributed by atoms with Crippen molar-refractivity contribution in [3.05, 3.63) is 0 Å². The molecule has 4 unspecified atom stereocenters. The van der Waals surface area contributed by atoms with E-state index in [2.05, 4.69) is 12.2 Å². The van der Waals surface area contributed by atoms with Gasteiger partial charge in [0.05, 0.1) is 0 Å². The van der Waals surface area contributed by atoms with E-state index in [0.29, 0.717) is 12.6 Å². The number of piperidine rings is 1. The van der Waals surface area contributed by atoms with E-state index in [4.69, 9.17) is 0 Å². The second-order valence-corrected chi connectivity index (χ2v) is 5.66. The minimum atomic E-state index is -0.865. The number of carboxylic acids is 1. The Morgan fingerprint density at radius 2 is 2.00 bits per heavy atom. The fourth-order valence-electron chi connectivity index (χ4n) is 3.16. The minimum absolute atomic E-state index is 0.00611. The van der Waals surface area contributed by atoms with Gasteiger partial charge in [-0.3, -0.25) is 4.79 Å². The predicted octanol–water partition coefficient (Wildman–Crippen LogP) is 0.696. The average Bonchev–Trinajstić information content (AvgIpc) is 2.70. The van der Waals surface area contributed by atoms with Crippen LogP contribution in [0.15, 0.2) is 0 Å². The molecule has 2 saturated heterocycles. The molecule has 18 heavy (non-hydrogen) atoms. The molecule has 0 aliphatic carbocycles. The zero-order valence-corrected chi connectivity index (χ0v) is 11.1. The van der Waals surface area contributed by atoms with E-state index in [-0.39, 0.29) is 17.7 Å². The Bertz CT molecular complexity index is 345. The van der Waals surface area contributed by atoms with E-state index in [1.54, 1.807) is 4.90 Å². The molecule has 0 aromatic carbocycles. The molecule has 2 rings (SSSR count). The van der Waals surface area contributed by atoms with E-state index in [9.17, 15) is 14.7 Å². The molecular formula is C13H22N2O3. The summed E-state index contributed by atoms with van der Waals surface area (Å²) in [5.74, 6) is -0.769. The molecule has 0 saturated carbocycles. The molecule has 2 N–H and O–H groups in total. The third-order valence-electron chi connectivity index (χ3n) is 4.21. The maximum Gasteiger partial charge on any atom is 0.326 e. The second kappa shape index (κ2) is 5.26. The fraction of sp³-hybridized carbons (Fsp3) is 0.846. The van der Waals surface area contributed by atoms with Gasteiger partial charge in [0, 0.05) is 18.5 Å². The first-order valence-corrected chi connectivity index (χ1v) is 6.77. The van der Waals surface area contributed by atoms with Crippen LogP contribution in [-0.2, 0) is 9.59 Å². The highest BCUT2D eigenvalue weighted by molar-refractivity contribution is 5.86. The third kappa shape index (κ3) is 2.51. The summed E-state index contributed by atoms with van der Waals surface area (Å²) in [5, 5.41) is 12.6. The van der Waals surface area contributed by atoms with Crippen LogP contribution in [0.5, 0.6) is 0 Å². The van der Waals surface area contributed by atoms with Gasteiger partial charge in [-0.1, -0.05) is 6.92 Å². The van der Waals surface area contributed by atoms with Crippen molar-refractivity contribution in [1.29, 1.82) is 0 Å². The molecule has 2 heterocycles. The number of carbonyl (C=O) groups excluding carboxylic acids is 1. The highest BCUT2D eigenvalue weighted by Gasteiger charge is 2.41. The van der Waals surface area contributed by atoms with Gasteiger partial charge in [-0.2, -0.15) is 0 Å². The molecule has 2 aliphatic heterocycles. The Kier molecular flexibility index (Phi) is 3.90. The smallest absolute Gasteiger partial charge is 0.326 e. The molecule has 102 valence electrons. The highest BCUT2D eigenvalue weighted by atomic mass is 16.4. The lowest BCUT2D eigenvalue weighted by atomic mass is 9.91. The van der Waals surface area contributed by atoms with Crippen LogP contribution in [0.2, 0.25) is 0 Å². The van der Waals surface area contributed by atoms with Gasteiger partial charge in [0.1, 0.15) is 6.04 Å². The summed E-state index contributed by atoms with van der Waals surface area (Å²) < 4.78 is 0. The summed E-state index contributed by atoms with van der Waals surface area (Å²) in [7, 11) is 0. The number of carboxylic acid groups (broad SMARTS) is 1. The van der Waals surface area contributed by atoms with Gasteiger partial charge in [-0.05, 0) is 38.6 Å². The summed E-state index contributed by atoms with van der Waals surface area (Å²) in [6, 6.07) is -0.279. The SMILES string of the molecule is CC1CC(C(=O)N2CCC(C)C2C(=O)O)CCN1. The van der Waals surface area contributed by atoms with Crippen molar-refractivity contribution in [3.8, 4) is 0 Å². The van der Waals surface area contributed by atoms with Gasteiger partial charge < -0.3 is 15.3 Å². The first-order chi connectivity index (χ1) is 8.50. The Morgan fingerprint density at radius 3 is 2.61 bits per heavy atom. The van der Waals surface area contributed by atoms with Crippen molar-refractivity contribution in [2.45, 2.75) is 45.2 Å². The van der Waals surface area contributed by atoms with Crippen LogP contribution >= 0.6 is 0 Å². The largest absolute Gasteiger partial charge is 0.480 e. The van der Waals surface area contributed by atoms with Gasteiger partial charge in [0.25, 0.3) is 0 Å². The van der Waals surface area contributed by atoms with Crippen molar-refractivity contribution in [3.63, 3.8) is 0 Å². The van der Waals surface area contributed by atoms with Crippen LogP contribution in [0.4, 0.5) is 0 Å². The van der Waals surface area contributed by atoms with Crippen LogP contribution in [0.1, 0.15) is 33.1 Å². The number of amides is 1. The number of rotatable bonds is 2. The zero-order valence-electron chi connectivity index (χ0n) is 11.1. The number of nitrogens with zero attached hydrogens (tertiary/aromatic N) is 1. The molecule has 0 spiro atoms. The summed E-state index contributed by atoms with van der Waals surface area (Å²) >= 11 is 0. The number of nitrogens with one attached hydrogen (secondary N) is 1. The molecule has 2 aliphatic rings. The normalized spacial score (nSPS) is 36.7. The number of hydrogen-bond donors (Lipinski definition) is 2. The van der Waals surface area contributed by atoms with Gasteiger partial charge in [-0.25, -0.2) is 4.79 Å². The van der Waals surface area contributed by atoms with Gasteiger partial charge >= 0.3 is 5.97 Å². The van der Waals surface area contributed by atoms with Crippen LogP contribution in [0, 0.1) is 11.8 Å². The van der Waals surface area contributed by atoms with E-state index in [0.717, 1.165) is 25.8 Å². The minimum Gasteiger partial charge on any atom is -0.480 e. The molecular weight excluding hydrogens is 232 g/mol. The predicted molar refractivity (Wildman–Crippen MR) is 67.1 cm³/mol. The standard InChI is InChI=1S/C13H22N2O3/c1-8-4-6-15(11(8)13(17)18)12(16)10-3-5-14-9(2)7-10/h8-11,14H,3-7H2,1-2H3,(H,17,18). The van der Waals surface area contributed by atoms with E-state index >= 15 is 0 Å². The molecule has 0 aromatic heterocycles. The van der Waals surface area contributed by atoms with E-state index in [1.807, 2.05) is 6.92 Å². The van der Waals surface area contributed by atoms with Crippen LogP contribution in [-0.4, -0.2) is 47.1 Å². The van der Waals surface area contributed by atoms with Gasteiger partial charge in [0.15, 0.2) is 0 Å². The van der Waals surface area contributed by atoms with Crippen molar-refractivity contribution in [2.75, 3.05) is 13.1 Å². The second-order valence-electron chi connectivity index (χ2n) is 5.66. The summed E-state index contributed by atoms with van der Waals surface area (Å²) in [4.78, 5) is 25.3. The quantitative estimate of drug-likeness (QED) is 0.761. The molecule has 5 nitrogen and oxygen atoms in total. The Labute approximate surface area is 108 Å². The first-order valence-electron chi connectivity index (χ1n) is 6.77. The first kappa shape index (κ1) is 13.3. The van der Waals surface area contributed by atoms with E-state index in [1.165, 1.54) is 0 Å². The van der Waals surface area contributed by atoms with Crippen LogP contribution in [0.25, 0.3) is 0 Å². The zero-order chi connectivity index (χ0) is 13.3. The number of hydrogen-bond acceptors (Lipinski definition) is 3. The lowest BCUT2D eigenvalue weighted by molar-refractivity contribution is -0.151. The maximum atomic E-state index is 12.4. The third-order valence-corrected chi connectivity index (χ3v) is 4.21. The maximum absolute atomic E-state index is 12.4. The summed E-state index contributed by atoms with van der Waals surface area (Å²) in [6.07, 6.45) is 2.43. The molecule has 0 bridgehead atoms. The molecule has 4 atom stereocenters. The topological polar surface area (TPSA) is 69.6 Å². The lowest BCUT2D eigenvalue weighted by Gasteiger charge is -2.32. The van der Waals surface area contributed by atoms with E-state index < -0.39 is 12.0 Å². The fourth-order valence-corrected chi connectivity index (χ4v) is 3.16. The molecule has 2 fully saturated rings. The molecule has 0 aromatic rings. The Balaban J connectivity index is 2.06.